The van der Waals surface area contributed by atoms with Gasteiger partial charge < -0.3 is 5.73 Å². The molecule has 1 atom stereocenters. The maximum Gasteiger partial charge on any atom is 0.248 e. The maximum absolute atomic E-state index is 14.0. The minimum Gasteiger partial charge on any atom is -0.366 e. The summed E-state index contributed by atoms with van der Waals surface area (Å²) in [5.41, 5.74) is 8.34. The van der Waals surface area contributed by atoms with Gasteiger partial charge in [0.2, 0.25) is 5.91 Å². The average Bonchev–Trinajstić information content (AvgIpc) is 2.57. The first kappa shape index (κ1) is 15.2. The highest BCUT2D eigenvalue weighted by atomic mass is 19.1. The Balaban J connectivity index is 2.21. The smallest absolute Gasteiger partial charge is 0.248 e. The lowest BCUT2D eigenvalue weighted by Crippen LogP contribution is -2.15. The molecular formula is C20H18FNO. The van der Waals surface area contributed by atoms with Crippen LogP contribution in [0.15, 0.2) is 60.7 Å². The summed E-state index contributed by atoms with van der Waals surface area (Å²) in [5.74, 6) is -0.903. The van der Waals surface area contributed by atoms with E-state index in [0.29, 0.717) is 5.56 Å². The number of hydrogen-bond donors (Lipinski definition) is 1. The van der Waals surface area contributed by atoms with E-state index in [1.807, 2.05) is 55.5 Å². The molecule has 0 spiro atoms. The van der Waals surface area contributed by atoms with Crippen LogP contribution in [0.5, 0.6) is 0 Å². The molecule has 0 bridgehead atoms. The molecule has 0 aliphatic carbocycles. The minimum atomic E-state index is -0.531. The Labute approximate surface area is 134 Å². The van der Waals surface area contributed by atoms with Crippen molar-refractivity contribution in [2.45, 2.75) is 12.8 Å². The van der Waals surface area contributed by atoms with E-state index in [4.69, 9.17) is 5.73 Å². The molecule has 0 saturated carbocycles. The molecule has 2 N–H and O–H groups in total. The Morgan fingerprint density at radius 1 is 1.00 bits per heavy atom. The van der Waals surface area contributed by atoms with Crippen LogP contribution in [0.25, 0.3) is 10.8 Å². The Hall–Kier alpha value is -2.68. The van der Waals surface area contributed by atoms with Crippen molar-refractivity contribution in [2.75, 3.05) is 6.67 Å². The number of halogens is 1. The second kappa shape index (κ2) is 6.21. The van der Waals surface area contributed by atoms with E-state index in [9.17, 15) is 9.18 Å². The molecule has 0 aliphatic rings. The Morgan fingerprint density at radius 2 is 1.65 bits per heavy atom. The normalized spacial score (nSPS) is 12.3. The molecule has 23 heavy (non-hydrogen) atoms. The number of fused-ring (bicyclic) bond motifs is 1. The number of rotatable bonds is 4. The molecule has 3 aromatic carbocycles. The lowest BCUT2D eigenvalue weighted by molar-refractivity contribution is 0.0999. The topological polar surface area (TPSA) is 43.1 Å². The molecule has 3 heteroatoms. The number of hydrogen-bond acceptors (Lipinski definition) is 1. The van der Waals surface area contributed by atoms with Crippen molar-refractivity contribution in [3.8, 4) is 0 Å². The summed E-state index contributed by atoms with van der Waals surface area (Å²) >= 11 is 0. The van der Waals surface area contributed by atoms with E-state index in [2.05, 4.69) is 0 Å². The van der Waals surface area contributed by atoms with Crippen LogP contribution in [0.4, 0.5) is 4.39 Å². The third kappa shape index (κ3) is 2.70. The van der Waals surface area contributed by atoms with Crippen LogP contribution >= 0.6 is 0 Å². The zero-order valence-corrected chi connectivity index (χ0v) is 12.9. The van der Waals surface area contributed by atoms with Crippen LogP contribution < -0.4 is 5.73 Å². The predicted octanol–water partition coefficient (Wildman–Crippen LogP) is 4.35. The standard InChI is InChI=1S/C20H18FNO/c1-13-15(9-5-10-16(13)20(22)23)19(12-21)18-11-4-7-14-6-2-3-8-17(14)18/h2-11,19H,12H2,1H3,(H2,22,23). The molecule has 0 saturated heterocycles. The van der Waals surface area contributed by atoms with Gasteiger partial charge in [0.25, 0.3) is 0 Å². The van der Waals surface area contributed by atoms with Gasteiger partial charge in [-0.15, -0.1) is 0 Å². The number of benzene rings is 3. The second-order valence-corrected chi connectivity index (χ2v) is 5.66. The lowest BCUT2D eigenvalue weighted by atomic mass is 9.85. The SMILES string of the molecule is Cc1c(C(N)=O)cccc1C(CF)c1cccc2ccccc12. The predicted molar refractivity (Wildman–Crippen MR) is 91.5 cm³/mol. The highest BCUT2D eigenvalue weighted by Gasteiger charge is 2.20. The summed E-state index contributed by atoms with van der Waals surface area (Å²) in [6.45, 7) is 1.29. The molecule has 0 radical (unpaired) electrons. The molecule has 2 nitrogen and oxygen atoms in total. The fourth-order valence-electron chi connectivity index (χ4n) is 3.19. The van der Waals surface area contributed by atoms with Crippen molar-refractivity contribution >= 4 is 16.7 Å². The first-order valence-electron chi connectivity index (χ1n) is 7.56. The van der Waals surface area contributed by atoms with E-state index in [-0.39, 0.29) is 0 Å². The van der Waals surface area contributed by atoms with Crippen molar-refractivity contribution in [2.24, 2.45) is 5.73 Å². The zero-order chi connectivity index (χ0) is 16.4. The average molecular weight is 307 g/mol. The van der Waals surface area contributed by atoms with Gasteiger partial charge in [-0.1, -0.05) is 54.6 Å². The van der Waals surface area contributed by atoms with Crippen molar-refractivity contribution in [1.29, 1.82) is 0 Å². The number of carbonyl (C=O) groups excluding carboxylic acids is 1. The fraction of sp³-hybridized carbons (Fsp3) is 0.150. The van der Waals surface area contributed by atoms with E-state index in [1.165, 1.54) is 0 Å². The minimum absolute atomic E-state index is 0.416. The molecule has 0 aromatic heterocycles. The quantitative estimate of drug-likeness (QED) is 0.765. The van der Waals surface area contributed by atoms with Gasteiger partial charge in [0.05, 0.1) is 0 Å². The van der Waals surface area contributed by atoms with Gasteiger partial charge >= 0.3 is 0 Å². The van der Waals surface area contributed by atoms with Crippen molar-refractivity contribution in [3.05, 3.63) is 82.9 Å². The largest absolute Gasteiger partial charge is 0.366 e. The molecule has 3 aromatic rings. The molecule has 1 amide bonds. The Morgan fingerprint density at radius 3 is 2.39 bits per heavy atom. The molecule has 116 valence electrons. The summed E-state index contributed by atoms with van der Waals surface area (Å²) in [7, 11) is 0. The van der Waals surface area contributed by atoms with E-state index >= 15 is 0 Å². The first-order valence-corrected chi connectivity index (χ1v) is 7.56. The fourth-order valence-corrected chi connectivity index (χ4v) is 3.19. The van der Waals surface area contributed by atoms with Crippen LogP contribution in [0.1, 0.15) is 33.0 Å². The van der Waals surface area contributed by atoms with Crippen LogP contribution in [-0.4, -0.2) is 12.6 Å². The third-order valence-electron chi connectivity index (χ3n) is 4.37. The van der Waals surface area contributed by atoms with E-state index in [0.717, 1.165) is 27.5 Å². The van der Waals surface area contributed by atoms with Crippen molar-refractivity contribution in [3.63, 3.8) is 0 Å². The number of primary amides is 1. The van der Waals surface area contributed by atoms with Crippen LogP contribution in [0.2, 0.25) is 0 Å². The van der Waals surface area contributed by atoms with Crippen LogP contribution in [-0.2, 0) is 0 Å². The van der Waals surface area contributed by atoms with Crippen molar-refractivity contribution in [1.82, 2.24) is 0 Å². The van der Waals surface area contributed by atoms with Gasteiger partial charge in [0, 0.05) is 11.5 Å². The Kier molecular flexibility index (Phi) is 4.11. The van der Waals surface area contributed by atoms with E-state index in [1.54, 1.807) is 12.1 Å². The number of amides is 1. The second-order valence-electron chi connectivity index (χ2n) is 5.66. The highest BCUT2D eigenvalue weighted by molar-refractivity contribution is 5.94. The molecular weight excluding hydrogens is 289 g/mol. The molecule has 3 rings (SSSR count). The summed E-state index contributed by atoms with van der Waals surface area (Å²) in [5, 5.41) is 2.11. The molecule has 0 fully saturated rings. The Bertz CT molecular complexity index is 867. The number of alkyl halides is 1. The number of carbonyl (C=O) groups is 1. The number of nitrogens with two attached hydrogens (primary N) is 1. The van der Waals surface area contributed by atoms with Crippen LogP contribution in [0.3, 0.4) is 0 Å². The van der Waals surface area contributed by atoms with Gasteiger partial charge in [-0.25, -0.2) is 0 Å². The first-order chi connectivity index (χ1) is 11.1. The molecule has 0 heterocycles. The maximum atomic E-state index is 14.0. The summed E-state index contributed by atoms with van der Waals surface area (Å²) in [4.78, 5) is 11.6. The lowest BCUT2D eigenvalue weighted by Gasteiger charge is -2.20. The van der Waals surface area contributed by atoms with E-state index < -0.39 is 18.5 Å². The summed E-state index contributed by atoms with van der Waals surface area (Å²) < 4.78 is 14.0. The van der Waals surface area contributed by atoms with Gasteiger partial charge in [0.1, 0.15) is 6.67 Å². The summed E-state index contributed by atoms with van der Waals surface area (Å²) in [6.07, 6.45) is 0. The molecule has 1 unspecified atom stereocenters. The van der Waals surface area contributed by atoms with Gasteiger partial charge in [-0.2, -0.15) is 0 Å². The third-order valence-corrected chi connectivity index (χ3v) is 4.37. The summed E-state index contributed by atoms with van der Waals surface area (Å²) in [6, 6.07) is 19.1. The van der Waals surface area contributed by atoms with Gasteiger partial charge in [0.15, 0.2) is 0 Å². The van der Waals surface area contributed by atoms with Gasteiger partial charge in [-0.3, -0.25) is 9.18 Å². The van der Waals surface area contributed by atoms with Crippen LogP contribution in [0, 0.1) is 6.92 Å². The highest BCUT2D eigenvalue weighted by Crippen LogP contribution is 2.33. The monoisotopic (exact) mass is 307 g/mol. The molecule has 0 aliphatic heterocycles. The van der Waals surface area contributed by atoms with Gasteiger partial charge in [-0.05, 0) is 40.5 Å². The van der Waals surface area contributed by atoms with Crippen molar-refractivity contribution < 1.29 is 9.18 Å². The zero-order valence-electron chi connectivity index (χ0n) is 12.9.